The Labute approximate surface area is 77.2 Å². The average molecular weight is 188 g/mol. The van der Waals surface area contributed by atoms with Gasteiger partial charge in [0, 0.05) is 19.6 Å². The summed E-state index contributed by atoms with van der Waals surface area (Å²) in [6.07, 6.45) is -0.653. The molecule has 1 rings (SSSR count). The lowest BCUT2D eigenvalue weighted by molar-refractivity contribution is 0.0380. The summed E-state index contributed by atoms with van der Waals surface area (Å²) >= 11 is 0. The minimum absolute atomic E-state index is 0.191. The van der Waals surface area contributed by atoms with Crippen LogP contribution in [0.5, 0.6) is 0 Å². The van der Waals surface area contributed by atoms with Crippen LogP contribution in [-0.4, -0.2) is 65.6 Å². The normalized spacial score (nSPS) is 21.5. The summed E-state index contributed by atoms with van der Waals surface area (Å²) in [5.74, 6) is 0. The van der Waals surface area contributed by atoms with E-state index in [9.17, 15) is 0 Å². The predicted octanol–water partition coefficient (Wildman–Crippen LogP) is -1.10. The van der Waals surface area contributed by atoms with Gasteiger partial charge in [0.1, 0.15) is 0 Å². The number of aliphatic hydroxyl groups is 2. The third kappa shape index (κ3) is 3.25. The largest absolute Gasteiger partial charge is 0.394 e. The van der Waals surface area contributed by atoms with Gasteiger partial charge in [-0.1, -0.05) is 5.22 Å². The first-order valence-electron chi connectivity index (χ1n) is 4.40. The minimum atomic E-state index is -0.653. The molecule has 0 saturated carbocycles. The van der Waals surface area contributed by atoms with Crippen molar-refractivity contribution in [3.05, 3.63) is 0 Å². The second-order valence-electron chi connectivity index (χ2n) is 3.19. The number of nitrogens with zero attached hydrogens (tertiary/aromatic N) is 3. The number of nitrogens with one attached hydrogen (secondary N) is 1. The lowest BCUT2D eigenvalue weighted by atomic mass is 10.3. The SMILES string of the molecule is N=NN1CCN(CC(O)CO)CC1. The molecule has 0 bridgehead atoms. The third-order valence-electron chi connectivity index (χ3n) is 2.17. The molecule has 0 aromatic rings. The molecule has 1 unspecified atom stereocenters. The van der Waals surface area contributed by atoms with Crippen LogP contribution in [0.2, 0.25) is 0 Å². The number of hydrogen-bond donors (Lipinski definition) is 3. The molecule has 0 spiro atoms. The van der Waals surface area contributed by atoms with Crippen molar-refractivity contribution in [2.45, 2.75) is 6.10 Å². The van der Waals surface area contributed by atoms with Crippen LogP contribution < -0.4 is 0 Å². The van der Waals surface area contributed by atoms with Crippen molar-refractivity contribution in [3.63, 3.8) is 0 Å². The molecule has 0 amide bonds. The Morgan fingerprint density at radius 3 is 2.38 bits per heavy atom. The van der Waals surface area contributed by atoms with Crippen molar-refractivity contribution in [2.75, 3.05) is 39.3 Å². The molecule has 0 aromatic carbocycles. The van der Waals surface area contributed by atoms with E-state index < -0.39 is 6.10 Å². The van der Waals surface area contributed by atoms with E-state index in [0.717, 1.165) is 26.2 Å². The first-order chi connectivity index (χ1) is 6.26. The Bertz CT molecular complexity index is 159. The summed E-state index contributed by atoms with van der Waals surface area (Å²) in [5.41, 5.74) is 6.78. The van der Waals surface area contributed by atoms with Crippen LogP contribution in [0.1, 0.15) is 0 Å². The molecule has 1 fully saturated rings. The number of β-amino-alcohol motifs (C(OH)–C–C–N with tert-alkyl or cyclic N) is 1. The maximum Gasteiger partial charge on any atom is 0.0897 e. The van der Waals surface area contributed by atoms with Gasteiger partial charge in [0.25, 0.3) is 0 Å². The molecular weight excluding hydrogens is 172 g/mol. The first kappa shape index (κ1) is 10.4. The molecule has 0 aromatic heterocycles. The van der Waals surface area contributed by atoms with Gasteiger partial charge in [0.2, 0.25) is 0 Å². The van der Waals surface area contributed by atoms with Gasteiger partial charge in [-0.15, -0.1) is 0 Å². The summed E-state index contributed by atoms with van der Waals surface area (Å²) in [6, 6.07) is 0. The molecule has 6 nitrogen and oxygen atoms in total. The second kappa shape index (κ2) is 5.11. The second-order valence-corrected chi connectivity index (χ2v) is 3.19. The van der Waals surface area contributed by atoms with Crippen LogP contribution in [-0.2, 0) is 0 Å². The van der Waals surface area contributed by atoms with Gasteiger partial charge in [-0.2, -0.15) is 5.53 Å². The van der Waals surface area contributed by atoms with Crippen LogP contribution in [0.15, 0.2) is 5.22 Å². The summed E-state index contributed by atoms with van der Waals surface area (Å²) < 4.78 is 0. The van der Waals surface area contributed by atoms with Crippen molar-refractivity contribution in [2.24, 2.45) is 5.22 Å². The molecule has 0 aliphatic carbocycles. The fraction of sp³-hybridized carbons (Fsp3) is 1.00. The summed E-state index contributed by atoms with van der Waals surface area (Å²) in [4.78, 5) is 2.06. The maximum atomic E-state index is 9.17. The highest BCUT2D eigenvalue weighted by Gasteiger charge is 2.17. The molecule has 0 radical (unpaired) electrons. The molecule has 1 saturated heterocycles. The molecule has 1 heterocycles. The van der Waals surface area contributed by atoms with Gasteiger partial charge in [0.15, 0.2) is 0 Å². The van der Waals surface area contributed by atoms with Gasteiger partial charge in [-0.05, 0) is 0 Å². The molecule has 3 N–H and O–H groups in total. The number of aliphatic hydroxyl groups excluding tert-OH is 2. The zero-order valence-electron chi connectivity index (χ0n) is 7.56. The number of piperazine rings is 1. The predicted molar refractivity (Wildman–Crippen MR) is 46.3 cm³/mol. The van der Waals surface area contributed by atoms with Crippen LogP contribution in [0.25, 0.3) is 0 Å². The Morgan fingerprint density at radius 1 is 1.31 bits per heavy atom. The first-order valence-corrected chi connectivity index (χ1v) is 4.40. The highest BCUT2D eigenvalue weighted by molar-refractivity contribution is 4.71. The smallest absolute Gasteiger partial charge is 0.0897 e. The Morgan fingerprint density at radius 2 is 1.92 bits per heavy atom. The Balaban J connectivity index is 2.20. The quantitative estimate of drug-likeness (QED) is 0.489. The van der Waals surface area contributed by atoms with Crippen molar-refractivity contribution in [1.82, 2.24) is 9.91 Å². The van der Waals surface area contributed by atoms with Crippen LogP contribution in [0, 0.1) is 5.53 Å². The van der Waals surface area contributed by atoms with Crippen molar-refractivity contribution >= 4 is 0 Å². The molecule has 13 heavy (non-hydrogen) atoms. The Hall–Kier alpha value is -0.720. The highest BCUT2D eigenvalue weighted by atomic mass is 16.3. The minimum Gasteiger partial charge on any atom is -0.394 e. The van der Waals surface area contributed by atoms with Gasteiger partial charge in [-0.25, -0.2) is 0 Å². The van der Waals surface area contributed by atoms with Gasteiger partial charge < -0.3 is 10.2 Å². The van der Waals surface area contributed by atoms with E-state index in [1.807, 2.05) is 0 Å². The molecule has 6 heteroatoms. The molecular formula is C7H16N4O2. The fourth-order valence-corrected chi connectivity index (χ4v) is 1.38. The highest BCUT2D eigenvalue weighted by Crippen LogP contribution is 2.02. The maximum absolute atomic E-state index is 9.17. The van der Waals surface area contributed by atoms with E-state index in [0.29, 0.717) is 6.54 Å². The molecule has 1 aliphatic heterocycles. The van der Waals surface area contributed by atoms with E-state index in [1.165, 1.54) is 0 Å². The fourth-order valence-electron chi connectivity index (χ4n) is 1.38. The lowest BCUT2D eigenvalue weighted by Crippen LogP contribution is -2.47. The van der Waals surface area contributed by atoms with E-state index in [1.54, 1.807) is 5.01 Å². The lowest BCUT2D eigenvalue weighted by Gasteiger charge is -2.32. The van der Waals surface area contributed by atoms with Crippen molar-refractivity contribution in [3.8, 4) is 0 Å². The Kier molecular flexibility index (Phi) is 4.07. The average Bonchev–Trinajstić information content (AvgIpc) is 2.19. The van der Waals surface area contributed by atoms with Gasteiger partial charge in [0.05, 0.1) is 25.8 Å². The van der Waals surface area contributed by atoms with E-state index in [4.69, 9.17) is 15.7 Å². The summed E-state index contributed by atoms with van der Waals surface area (Å²) in [7, 11) is 0. The van der Waals surface area contributed by atoms with Crippen LogP contribution in [0.4, 0.5) is 0 Å². The zero-order valence-corrected chi connectivity index (χ0v) is 7.56. The van der Waals surface area contributed by atoms with Crippen LogP contribution in [0.3, 0.4) is 0 Å². The van der Waals surface area contributed by atoms with Crippen LogP contribution >= 0.6 is 0 Å². The standard InChI is InChI=1S/C7H16N4O2/c8-9-11-3-1-10(2-4-11)5-7(13)6-12/h7-8,12-13H,1-6H2. The molecule has 1 aliphatic rings. The number of hydrogen-bond acceptors (Lipinski definition) is 5. The summed E-state index contributed by atoms with van der Waals surface area (Å²) in [6.45, 7) is 3.34. The third-order valence-corrected chi connectivity index (χ3v) is 2.17. The van der Waals surface area contributed by atoms with E-state index in [-0.39, 0.29) is 6.61 Å². The topological polar surface area (TPSA) is 83.2 Å². The summed E-state index contributed by atoms with van der Waals surface area (Å²) in [5, 5.41) is 22.8. The van der Waals surface area contributed by atoms with Gasteiger partial charge >= 0.3 is 0 Å². The van der Waals surface area contributed by atoms with Crippen molar-refractivity contribution < 1.29 is 10.2 Å². The molecule has 76 valence electrons. The molecule has 1 atom stereocenters. The zero-order chi connectivity index (χ0) is 9.68. The van der Waals surface area contributed by atoms with E-state index in [2.05, 4.69) is 10.1 Å². The van der Waals surface area contributed by atoms with Gasteiger partial charge in [-0.3, -0.25) is 9.91 Å². The van der Waals surface area contributed by atoms with Crippen molar-refractivity contribution in [1.29, 1.82) is 5.53 Å². The van der Waals surface area contributed by atoms with E-state index >= 15 is 0 Å². The number of rotatable bonds is 4. The monoisotopic (exact) mass is 188 g/mol.